The second kappa shape index (κ2) is 12.5. The van der Waals surface area contributed by atoms with Crippen LogP contribution in [0.1, 0.15) is 25.7 Å². The largest absolute Gasteiger partial charge is 0.483 e. The molecule has 0 aliphatic carbocycles. The summed E-state index contributed by atoms with van der Waals surface area (Å²) in [4.78, 5) is 15.4. The summed E-state index contributed by atoms with van der Waals surface area (Å²) in [6.45, 7) is 1.06. The first-order chi connectivity index (χ1) is 20.0. The molecule has 0 spiro atoms. The van der Waals surface area contributed by atoms with E-state index in [0.717, 1.165) is 12.8 Å². The lowest BCUT2D eigenvalue weighted by Crippen LogP contribution is -2.50. The molecule has 0 bridgehead atoms. The highest BCUT2D eigenvalue weighted by atomic mass is 32.2. The number of alkyl halides is 3. The van der Waals surface area contributed by atoms with Crippen LogP contribution in [-0.4, -0.2) is 76.7 Å². The minimum absolute atomic E-state index is 0.0289. The molecule has 42 heavy (non-hydrogen) atoms. The molecule has 0 unspecified atom stereocenters. The van der Waals surface area contributed by atoms with Crippen LogP contribution in [0.15, 0.2) is 57.9 Å². The van der Waals surface area contributed by atoms with Gasteiger partial charge in [0.25, 0.3) is 5.88 Å². The lowest BCUT2D eigenvalue weighted by molar-refractivity contribution is -0.154. The maximum absolute atomic E-state index is 13.3. The summed E-state index contributed by atoms with van der Waals surface area (Å²) in [5, 5.41) is 4.12. The molecule has 2 aromatic carbocycles. The summed E-state index contributed by atoms with van der Waals surface area (Å²) in [6, 6.07) is 12.0. The smallest absolute Gasteiger partial charge is 0.422 e. The average Bonchev–Trinajstić information content (AvgIpc) is 3.40. The molecule has 0 radical (unpaired) electrons. The highest BCUT2D eigenvalue weighted by Crippen LogP contribution is 2.37. The van der Waals surface area contributed by atoms with E-state index >= 15 is 0 Å². The Morgan fingerprint density at radius 3 is 2.43 bits per heavy atom. The van der Waals surface area contributed by atoms with Gasteiger partial charge in [0, 0.05) is 19.8 Å². The SMILES string of the molecule is O=C(OS(=O)(=O)c1ccccc1)C1(CN2CCC(COc3noc4cccc(OCC(F)(F)F)c34)CC2)CCOCC1. The maximum atomic E-state index is 13.3. The van der Waals surface area contributed by atoms with Crippen molar-refractivity contribution in [2.24, 2.45) is 11.3 Å². The third-order valence-electron chi connectivity index (χ3n) is 7.61. The van der Waals surface area contributed by atoms with Crippen molar-refractivity contribution in [2.45, 2.75) is 36.8 Å². The molecule has 2 saturated heterocycles. The molecule has 3 aromatic rings. The highest BCUT2D eigenvalue weighted by Gasteiger charge is 2.45. The van der Waals surface area contributed by atoms with E-state index in [0.29, 0.717) is 45.7 Å². The third-order valence-corrected chi connectivity index (χ3v) is 8.83. The Hall–Kier alpha value is -3.36. The number of carbonyl (C=O) groups excluding carboxylic acids is 1. The fourth-order valence-corrected chi connectivity index (χ4v) is 6.22. The van der Waals surface area contributed by atoms with E-state index in [-0.39, 0.29) is 40.0 Å². The van der Waals surface area contributed by atoms with E-state index in [9.17, 15) is 26.4 Å². The Morgan fingerprint density at radius 1 is 1.02 bits per heavy atom. The van der Waals surface area contributed by atoms with Gasteiger partial charge in [0.15, 0.2) is 12.2 Å². The van der Waals surface area contributed by atoms with Crippen LogP contribution in [0.2, 0.25) is 0 Å². The van der Waals surface area contributed by atoms with Gasteiger partial charge in [-0.3, -0.25) is 4.79 Å². The average molecular weight is 613 g/mol. The van der Waals surface area contributed by atoms with Gasteiger partial charge in [0.05, 0.1) is 12.0 Å². The second-order valence-corrected chi connectivity index (χ2v) is 12.1. The Labute approximate surface area is 240 Å². The fourth-order valence-electron chi connectivity index (χ4n) is 5.26. The monoisotopic (exact) mass is 612 g/mol. The first-order valence-corrected chi connectivity index (χ1v) is 15.0. The molecular weight excluding hydrogens is 581 g/mol. The van der Waals surface area contributed by atoms with Gasteiger partial charge in [-0.25, -0.2) is 0 Å². The number of hydrogen-bond acceptors (Lipinski definition) is 10. The van der Waals surface area contributed by atoms with Crippen LogP contribution >= 0.6 is 0 Å². The molecule has 0 amide bonds. The lowest BCUT2D eigenvalue weighted by Gasteiger charge is -2.41. The Balaban J connectivity index is 1.18. The van der Waals surface area contributed by atoms with Gasteiger partial charge in [0.1, 0.15) is 16.0 Å². The van der Waals surface area contributed by atoms with Crippen LogP contribution in [-0.2, 0) is 23.8 Å². The highest BCUT2D eigenvalue weighted by molar-refractivity contribution is 7.87. The van der Waals surface area contributed by atoms with Gasteiger partial charge in [-0.1, -0.05) is 24.3 Å². The van der Waals surface area contributed by atoms with Crippen LogP contribution in [0, 0.1) is 11.3 Å². The summed E-state index contributed by atoms with van der Waals surface area (Å²) in [5.41, 5.74) is -0.766. The number of aromatic nitrogens is 1. The number of rotatable bonds is 10. The number of benzene rings is 2. The number of likely N-dealkylation sites (tertiary alicyclic amines) is 1. The van der Waals surface area contributed by atoms with E-state index in [1.165, 1.54) is 24.3 Å². The molecule has 2 aliphatic rings. The predicted molar refractivity (Wildman–Crippen MR) is 142 cm³/mol. The number of halogens is 3. The molecule has 0 N–H and O–H groups in total. The Morgan fingerprint density at radius 2 is 1.74 bits per heavy atom. The number of nitrogens with zero attached hydrogens (tertiary/aromatic N) is 2. The van der Waals surface area contributed by atoms with E-state index in [2.05, 4.69) is 10.1 Å². The van der Waals surface area contributed by atoms with Crippen molar-refractivity contribution in [3.05, 3.63) is 48.5 Å². The molecule has 5 rings (SSSR count). The summed E-state index contributed by atoms with van der Waals surface area (Å²) in [6.07, 6.45) is -2.37. The van der Waals surface area contributed by atoms with Gasteiger partial charge < -0.3 is 27.8 Å². The van der Waals surface area contributed by atoms with Gasteiger partial charge in [-0.05, 0) is 74.1 Å². The van der Waals surface area contributed by atoms with Crippen molar-refractivity contribution in [3.8, 4) is 11.6 Å². The van der Waals surface area contributed by atoms with Crippen LogP contribution < -0.4 is 9.47 Å². The van der Waals surface area contributed by atoms with Crippen molar-refractivity contribution in [1.82, 2.24) is 10.1 Å². The topological polar surface area (TPSA) is 117 Å². The molecule has 0 saturated carbocycles. The van der Waals surface area contributed by atoms with Gasteiger partial charge >= 0.3 is 22.3 Å². The van der Waals surface area contributed by atoms with Gasteiger partial charge in [-0.2, -0.15) is 21.6 Å². The van der Waals surface area contributed by atoms with E-state index in [1.54, 1.807) is 24.3 Å². The number of ether oxygens (including phenoxy) is 3. The number of carbonyl (C=O) groups is 1. The van der Waals surface area contributed by atoms with Crippen molar-refractivity contribution in [2.75, 3.05) is 46.1 Å². The number of piperidine rings is 1. The molecule has 10 nitrogen and oxygen atoms in total. The third kappa shape index (κ3) is 7.16. The normalized spacial score (nSPS) is 18.5. The quantitative estimate of drug-likeness (QED) is 0.301. The van der Waals surface area contributed by atoms with Crippen LogP contribution in [0.25, 0.3) is 11.0 Å². The van der Waals surface area contributed by atoms with Crippen LogP contribution in [0.3, 0.4) is 0 Å². The Kier molecular flexibility index (Phi) is 8.94. The molecule has 2 fully saturated rings. The fraction of sp³-hybridized carbons (Fsp3) is 0.500. The zero-order valence-corrected chi connectivity index (χ0v) is 23.5. The van der Waals surface area contributed by atoms with Crippen molar-refractivity contribution < 1.29 is 49.3 Å². The minimum atomic E-state index is -4.50. The number of fused-ring (bicyclic) bond motifs is 1. The molecule has 228 valence electrons. The molecular formula is C28H31F3N2O8S. The number of hydrogen-bond donors (Lipinski definition) is 0. The van der Waals surface area contributed by atoms with Gasteiger partial charge in [-0.15, -0.1) is 0 Å². The molecule has 2 aliphatic heterocycles. The zero-order chi connectivity index (χ0) is 29.8. The molecule has 3 heterocycles. The molecule has 0 atom stereocenters. The maximum Gasteiger partial charge on any atom is 0.422 e. The zero-order valence-electron chi connectivity index (χ0n) is 22.7. The lowest BCUT2D eigenvalue weighted by atomic mass is 9.79. The van der Waals surface area contributed by atoms with Crippen molar-refractivity contribution in [3.63, 3.8) is 0 Å². The van der Waals surface area contributed by atoms with Crippen molar-refractivity contribution >= 4 is 27.1 Å². The van der Waals surface area contributed by atoms with Crippen molar-refractivity contribution in [1.29, 1.82) is 0 Å². The second-order valence-electron chi connectivity index (χ2n) is 10.6. The first-order valence-electron chi connectivity index (χ1n) is 13.6. The Bertz CT molecular complexity index is 1470. The summed E-state index contributed by atoms with van der Waals surface area (Å²) in [5.74, 6) is -0.624. The summed E-state index contributed by atoms with van der Waals surface area (Å²) >= 11 is 0. The molecule has 1 aromatic heterocycles. The predicted octanol–water partition coefficient (Wildman–Crippen LogP) is 4.59. The summed E-state index contributed by atoms with van der Waals surface area (Å²) < 4.78 is 90.2. The van der Waals surface area contributed by atoms with E-state index < -0.39 is 34.3 Å². The summed E-state index contributed by atoms with van der Waals surface area (Å²) in [7, 11) is -4.26. The van der Waals surface area contributed by atoms with Crippen LogP contribution in [0.4, 0.5) is 13.2 Å². The van der Waals surface area contributed by atoms with E-state index in [1.807, 2.05) is 0 Å². The minimum Gasteiger partial charge on any atom is -0.483 e. The standard InChI is InChI=1S/C28H31F3N2O8S/c29-28(30,31)19-39-22-7-4-8-23-24(22)25(32-40-23)38-17-20-9-13-33(14-10-20)18-27(11-15-37-16-12-27)26(34)41-42(35,36)21-5-2-1-3-6-21/h1-8,20H,9-19H2. The first kappa shape index (κ1) is 30.1. The molecule has 14 heteroatoms. The van der Waals surface area contributed by atoms with Crippen LogP contribution in [0.5, 0.6) is 11.6 Å². The van der Waals surface area contributed by atoms with E-state index in [4.69, 9.17) is 22.9 Å². The van der Waals surface area contributed by atoms with Gasteiger partial charge in [0.2, 0.25) is 0 Å².